The third-order valence-electron chi connectivity index (χ3n) is 2.63. The molecule has 0 aliphatic carbocycles. The number of carbonyl (C=O) groups excluding carboxylic acids is 1. The number of rotatable bonds is 5. The van der Waals surface area contributed by atoms with Gasteiger partial charge in [0.2, 0.25) is 0 Å². The van der Waals surface area contributed by atoms with Gasteiger partial charge in [-0.1, -0.05) is 41.7 Å². The fraction of sp³-hybridized carbons (Fsp3) is 0.286. The number of anilines is 1. The maximum Gasteiger partial charge on any atom is 0.320 e. The smallest absolute Gasteiger partial charge is 0.320 e. The minimum atomic E-state index is -0.932. The predicted octanol–water partition coefficient (Wildman–Crippen LogP) is 2.70. The van der Waals surface area contributed by atoms with Gasteiger partial charge in [0.1, 0.15) is 10.0 Å². The summed E-state index contributed by atoms with van der Waals surface area (Å²) in [5, 5.41) is 7.02. The molecule has 5 nitrogen and oxygen atoms in total. The summed E-state index contributed by atoms with van der Waals surface area (Å²) in [5.74, 6) is 0.436. The van der Waals surface area contributed by atoms with Crippen LogP contribution in [0.3, 0.4) is 0 Å². The topological polar surface area (TPSA) is 71.1 Å². The van der Waals surface area contributed by atoms with Gasteiger partial charge >= 0.3 is 6.03 Å². The summed E-state index contributed by atoms with van der Waals surface area (Å²) in [6.07, 6.45) is 3.25. The second-order valence-electron chi connectivity index (χ2n) is 4.64. The first kappa shape index (κ1) is 15.7. The van der Waals surface area contributed by atoms with E-state index >= 15 is 0 Å². The molecular formula is C14H17N3O2S2. The van der Waals surface area contributed by atoms with E-state index in [1.807, 2.05) is 37.3 Å². The fourth-order valence-corrected chi connectivity index (χ4v) is 3.42. The third-order valence-corrected chi connectivity index (χ3v) is 4.56. The van der Waals surface area contributed by atoms with Crippen molar-refractivity contribution in [1.82, 2.24) is 10.3 Å². The van der Waals surface area contributed by atoms with Crippen LogP contribution in [0.25, 0.3) is 10.6 Å². The van der Waals surface area contributed by atoms with Crippen LogP contribution in [0, 0.1) is 0 Å². The molecule has 0 unspecified atom stereocenters. The Morgan fingerprint density at radius 3 is 2.76 bits per heavy atom. The number of carbonyl (C=O) groups is 1. The SMILES string of the molecule is C[C@@H](C[S@@](C)=O)NC(=O)Nc1cnc(-c2ccccc2)s1. The first-order valence-electron chi connectivity index (χ1n) is 6.43. The van der Waals surface area contributed by atoms with Gasteiger partial charge in [-0.25, -0.2) is 9.78 Å². The highest BCUT2D eigenvalue weighted by Gasteiger charge is 2.11. The number of amides is 2. The average Bonchev–Trinajstić information content (AvgIpc) is 2.86. The van der Waals surface area contributed by atoms with E-state index in [9.17, 15) is 9.00 Å². The van der Waals surface area contributed by atoms with Gasteiger partial charge in [0.15, 0.2) is 0 Å². The molecule has 0 aliphatic heterocycles. The van der Waals surface area contributed by atoms with Gasteiger partial charge in [-0.3, -0.25) is 9.53 Å². The fourth-order valence-electron chi connectivity index (χ4n) is 1.81. The van der Waals surface area contributed by atoms with Crippen molar-refractivity contribution in [3.63, 3.8) is 0 Å². The van der Waals surface area contributed by atoms with Crippen LogP contribution < -0.4 is 10.6 Å². The first-order chi connectivity index (χ1) is 10.0. The molecule has 2 aromatic rings. The number of nitrogens with zero attached hydrogens (tertiary/aromatic N) is 1. The van der Waals surface area contributed by atoms with Crippen LogP contribution in [-0.2, 0) is 10.8 Å². The Morgan fingerprint density at radius 1 is 1.38 bits per heavy atom. The molecule has 0 saturated heterocycles. The highest BCUT2D eigenvalue weighted by molar-refractivity contribution is 7.84. The lowest BCUT2D eigenvalue weighted by atomic mass is 10.2. The molecule has 0 saturated carbocycles. The number of urea groups is 1. The van der Waals surface area contributed by atoms with E-state index in [4.69, 9.17) is 0 Å². The minimum Gasteiger partial charge on any atom is -0.334 e. The molecule has 7 heteroatoms. The summed E-state index contributed by atoms with van der Waals surface area (Å²) >= 11 is 1.41. The quantitative estimate of drug-likeness (QED) is 0.889. The van der Waals surface area contributed by atoms with Crippen molar-refractivity contribution < 1.29 is 9.00 Å². The number of hydrogen-bond acceptors (Lipinski definition) is 4. The molecule has 1 aromatic heterocycles. The number of nitrogens with one attached hydrogen (secondary N) is 2. The summed E-state index contributed by atoms with van der Waals surface area (Å²) in [5.41, 5.74) is 1.02. The lowest BCUT2D eigenvalue weighted by Gasteiger charge is -2.12. The van der Waals surface area contributed by atoms with E-state index in [-0.39, 0.29) is 12.1 Å². The van der Waals surface area contributed by atoms with Gasteiger partial charge in [0.25, 0.3) is 0 Å². The van der Waals surface area contributed by atoms with Crippen LogP contribution in [0.15, 0.2) is 36.5 Å². The van der Waals surface area contributed by atoms with Crippen LogP contribution in [0.2, 0.25) is 0 Å². The number of hydrogen-bond donors (Lipinski definition) is 2. The number of thiazole rings is 1. The predicted molar refractivity (Wildman–Crippen MR) is 88.1 cm³/mol. The van der Waals surface area contributed by atoms with E-state index in [0.717, 1.165) is 10.6 Å². The summed E-state index contributed by atoms with van der Waals surface area (Å²) < 4.78 is 11.1. The summed E-state index contributed by atoms with van der Waals surface area (Å²) in [6.45, 7) is 1.82. The highest BCUT2D eigenvalue weighted by Crippen LogP contribution is 2.27. The zero-order chi connectivity index (χ0) is 15.2. The molecule has 1 heterocycles. The number of benzene rings is 1. The Kier molecular flexibility index (Phi) is 5.46. The zero-order valence-electron chi connectivity index (χ0n) is 11.8. The van der Waals surface area contributed by atoms with Crippen molar-refractivity contribution in [3.8, 4) is 10.6 Å². The summed E-state index contributed by atoms with van der Waals surface area (Å²) in [6, 6.07) is 9.34. The van der Waals surface area contributed by atoms with Crippen molar-refractivity contribution in [1.29, 1.82) is 0 Å². The van der Waals surface area contributed by atoms with E-state index in [1.54, 1.807) is 12.5 Å². The molecule has 0 aliphatic rings. The Morgan fingerprint density at radius 2 is 2.10 bits per heavy atom. The van der Waals surface area contributed by atoms with Crippen LogP contribution in [0.1, 0.15) is 6.92 Å². The normalized spacial score (nSPS) is 13.4. The van der Waals surface area contributed by atoms with Crippen molar-refractivity contribution in [2.45, 2.75) is 13.0 Å². The van der Waals surface area contributed by atoms with Crippen LogP contribution in [0.4, 0.5) is 9.80 Å². The molecule has 0 bridgehead atoms. The maximum atomic E-state index is 11.8. The Labute approximate surface area is 130 Å². The van der Waals surface area contributed by atoms with Crippen molar-refractivity contribution in [2.24, 2.45) is 0 Å². The maximum absolute atomic E-state index is 11.8. The van der Waals surface area contributed by atoms with Crippen molar-refractivity contribution >= 4 is 33.2 Å². The molecule has 2 rings (SSSR count). The summed E-state index contributed by atoms with van der Waals surface area (Å²) in [4.78, 5) is 16.1. The van der Waals surface area contributed by atoms with Gasteiger partial charge in [0, 0.05) is 34.4 Å². The Bertz CT molecular complexity index is 628. The Hall–Kier alpha value is -1.73. The van der Waals surface area contributed by atoms with Gasteiger partial charge in [-0.2, -0.15) is 0 Å². The Balaban J connectivity index is 1.93. The lowest BCUT2D eigenvalue weighted by Crippen LogP contribution is -2.38. The largest absolute Gasteiger partial charge is 0.334 e. The van der Waals surface area contributed by atoms with Gasteiger partial charge in [-0.05, 0) is 6.92 Å². The zero-order valence-corrected chi connectivity index (χ0v) is 13.5. The van der Waals surface area contributed by atoms with Crippen molar-refractivity contribution in [3.05, 3.63) is 36.5 Å². The number of aromatic nitrogens is 1. The van der Waals surface area contributed by atoms with Crippen LogP contribution in [-0.4, -0.2) is 33.3 Å². The van der Waals surface area contributed by atoms with Crippen LogP contribution in [0.5, 0.6) is 0 Å². The minimum absolute atomic E-state index is 0.141. The highest BCUT2D eigenvalue weighted by atomic mass is 32.2. The monoisotopic (exact) mass is 323 g/mol. The lowest BCUT2D eigenvalue weighted by molar-refractivity contribution is 0.250. The molecule has 112 valence electrons. The second kappa shape index (κ2) is 7.33. The van der Waals surface area contributed by atoms with Crippen LogP contribution >= 0.6 is 11.3 Å². The van der Waals surface area contributed by atoms with E-state index in [1.165, 1.54) is 11.3 Å². The van der Waals surface area contributed by atoms with E-state index in [2.05, 4.69) is 15.6 Å². The van der Waals surface area contributed by atoms with Gasteiger partial charge < -0.3 is 5.32 Å². The molecule has 2 N–H and O–H groups in total. The molecule has 0 fully saturated rings. The van der Waals surface area contributed by atoms with Gasteiger partial charge in [-0.15, -0.1) is 0 Å². The molecule has 1 aromatic carbocycles. The summed E-state index contributed by atoms with van der Waals surface area (Å²) in [7, 11) is -0.932. The van der Waals surface area contributed by atoms with Gasteiger partial charge in [0.05, 0.1) is 6.20 Å². The molecule has 21 heavy (non-hydrogen) atoms. The molecule has 0 radical (unpaired) electrons. The molecule has 2 atom stereocenters. The average molecular weight is 323 g/mol. The molecule has 0 spiro atoms. The standard InChI is InChI=1S/C14H17N3O2S2/c1-10(9-21(2)19)16-14(18)17-12-8-15-13(20-12)11-6-4-3-5-7-11/h3-8,10H,9H2,1-2H3,(H2,16,17,18)/t10-,21+/m0/s1. The van der Waals surface area contributed by atoms with E-state index < -0.39 is 10.8 Å². The van der Waals surface area contributed by atoms with Crippen molar-refractivity contribution in [2.75, 3.05) is 17.3 Å². The third kappa shape index (κ3) is 4.95. The van der Waals surface area contributed by atoms with E-state index in [0.29, 0.717) is 10.8 Å². The molecule has 2 amide bonds. The first-order valence-corrected chi connectivity index (χ1v) is 8.98. The second-order valence-corrected chi connectivity index (χ2v) is 7.15. The molecular weight excluding hydrogens is 306 g/mol.